The number of likely N-dealkylation sites (tertiary alicyclic amines) is 1. The monoisotopic (exact) mass is 564 g/mol. The highest BCUT2D eigenvalue weighted by molar-refractivity contribution is 5.90. The van der Waals surface area contributed by atoms with E-state index in [0.29, 0.717) is 49.2 Å². The Labute approximate surface area is 241 Å². The van der Waals surface area contributed by atoms with E-state index >= 15 is 0 Å². The fourth-order valence-electron chi connectivity index (χ4n) is 5.50. The predicted molar refractivity (Wildman–Crippen MR) is 157 cm³/mol. The Morgan fingerprint density at radius 1 is 1.15 bits per heavy atom. The Balaban J connectivity index is 1.49. The lowest BCUT2D eigenvalue weighted by Crippen LogP contribution is -2.47. The van der Waals surface area contributed by atoms with Gasteiger partial charge in [-0.3, -0.25) is 0 Å². The number of aliphatic hydroxyl groups excluding tert-OH is 1. The highest BCUT2D eigenvalue weighted by Gasteiger charge is 2.30. The number of carbonyl (C=O) groups excluding carboxylic acids is 1. The number of rotatable bonds is 7. The molecule has 1 N–H and O–H groups in total. The molecular weight excluding hydrogens is 524 g/mol. The minimum atomic E-state index is -0.258. The van der Waals surface area contributed by atoms with Crippen LogP contribution in [0.3, 0.4) is 0 Å². The largest absolute Gasteiger partial charge is 0.496 e. The molecule has 0 bridgehead atoms. The molecule has 0 radical (unpaired) electrons. The smallest absolute Gasteiger partial charge is 0.410 e. The molecule has 1 aromatic carbocycles. The van der Waals surface area contributed by atoms with Crippen LogP contribution in [0.2, 0.25) is 0 Å². The molecule has 11 nitrogen and oxygen atoms in total. The van der Waals surface area contributed by atoms with Crippen molar-refractivity contribution >= 4 is 28.9 Å². The number of morpholine rings is 1. The summed E-state index contributed by atoms with van der Waals surface area (Å²) in [5, 5.41) is 10.7. The van der Waals surface area contributed by atoms with Gasteiger partial charge in [0.25, 0.3) is 0 Å². The molecule has 0 spiro atoms. The molecule has 220 valence electrons. The second kappa shape index (κ2) is 12.4. The number of carbonyl (C=O) groups is 1. The molecule has 41 heavy (non-hydrogen) atoms. The molecule has 2 saturated heterocycles. The van der Waals surface area contributed by atoms with Gasteiger partial charge in [0.15, 0.2) is 5.65 Å². The fraction of sp³-hybridized carbons (Fsp3) is 0.533. The normalized spacial score (nSPS) is 18.2. The van der Waals surface area contributed by atoms with E-state index in [1.807, 2.05) is 51.2 Å². The van der Waals surface area contributed by atoms with E-state index in [0.717, 1.165) is 41.8 Å². The van der Waals surface area contributed by atoms with Crippen molar-refractivity contribution in [3.05, 3.63) is 35.9 Å². The summed E-state index contributed by atoms with van der Waals surface area (Å²) in [7, 11) is 3.61. The maximum absolute atomic E-state index is 12.4. The highest BCUT2D eigenvalue weighted by Crippen LogP contribution is 2.32. The number of ether oxygens (including phenoxy) is 3. The summed E-state index contributed by atoms with van der Waals surface area (Å²) < 4.78 is 16.5. The van der Waals surface area contributed by atoms with Crippen LogP contribution in [0.1, 0.15) is 39.2 Å². The number of aliphatic hydroxyl groups is 1. The predicted octanol–water partition coefficient (Wildman–Crippen LogP) is 3.86. The lowest BCUT2D eigenvalue weighted by molar-refractivity contribution is 0.0692. The maximum Gasteiger partial charge on any atom is 0.410 e. The van der Waals surface area contributed by atoms with Gasteiger partial charge in [-0.05, 0) is 63.9 Å². The van der Waals surface area contributed by atoms with E-state index in [-0.39, 0.29) is 30.9 Å². The lowest BCUT2D eigenvalue weighted by atomic mass is 10.0. The third-order valence-corrected chi connectivity index (χ3v) is 7.84. The standard InChI is InChI=1S/C30H40N6O5/c1-19(2)41-30(38)35-12-10-23(11-13-35)34(4)29-32-27-24(28(33-29)36-14-15-40-18-20(36)3)7-8-25(31-27)21-6-9-26(39-5)22(16-21)17-37/h6-9,16,19-20,23,37H,10-15,17-18H2,1-5H3/t20-/m0/s1. The van der Waals surface area contributed by atoms with Gasteiger partial charge in [-0.15, -0.1) is 0 Å². The first-order valence-corrected chi connectivity index (χ1v) is 14.3. The van der Waals surface area contributed by atoms with Crippen molar-refractivity contribution in [1.29, 1.82) is 0 Å². The van der Waals surface area contributed by atoms with Gasteiger partial charge < -0.3 is 34.0 Å². The number of aromatic nitrogens is 3. The summed E-state index contributed by atoms with van der Waals surface area (Å²) >= 11 is 0. The Bertz CT molecular complexity index is 1380. The van der Waals surface area contributed by atoms with E-state index in [1.165, 1.54) is 0 Å². The molecule has 11 heteroatoms. The Morgan fingerprint density at radius 2 is 1.93 bits per heavy atom. The van der Waals surface area contributed by atoms with Gasteiger partial charge in [0, 0.05) is 43.9 Å². The SMILES string of the molecule is COc1ccc(-c2ccc3c(N4CCOC[C@@H]4C)nc(N(C)C4CCN(C(=O)OC(C)C)CC4)nc3n2)cc1CO. The number of hydrogen-bond donors (Lipinski definition) is 1. The summed E-state index contributed by atoms with van der Waals surface area (Å²) in [6.07, 6.45) is 1.18. The average Bonchev–Trinajstić information content (AvgIpc) is 2.99. The molecule has 0 aliphatic carbocycles. The minimum absolute atomic E-state index is 0.130. The van der Waals surface area contributed by atoms with Crippen LogP contribution in [0.4, 0.5) is 16.6 Å². The number of hydrogen-bond acceptors (Lipinski definition) is 10. The summed E-state index contributed by atoms with van der Waals surface area (Å²) in [5.41, 5.74) is 2.92. The molecule has 2 aliphatic heterocycles. The van der Waals surface area contributed by atoms with Crippen molar-refractivity contribution < 1.29 is 24.1 Å². The first-order valence-electron chi connectivity index (χ1n) is 14.3. The molecule has 1 atom stereocenters. The van der Waals surface area contributed by atoms with Crippen molar-refractivity contribution in [1.82, 2.24) is 19.9 Å². The topological polar surface area (TPSA) is 113 Å². The summed E-state index contributed by atoms with van der Waals surface area (Å²) in [6, 6.07) is 9.99. The van der Waals surface area contributed by atoms with Crippen LogP contribution in [0.5, 0.6) is 5.75 Å². The van der Waals surface area contributed by atoms with Crippen molar-refractivity contribution in [2.45, 2.75) is 58.4 Å². The first-order chi connectivity index (χ1) is 19.8. The van der Waals surface area contributed by atoms with Crippen LogP contribution in [0.25, 0.3) is 22.3 Å². The van der Waals surface area contributed by atoms with E-state index in [1.54, 1.807) is 12.0 Å². The van der Waals surface area contributed by atoms with E-state index in [2.05, 4.69) is 16.7 Å². The quantitative estimate of drug-likeness (QED) is 0.454. The zero-order chi connectivity index (χ0) is 29.1. The molecule has 5 rings (SSSR count). The van der Waals surface area contributed by atoms with Gasteiger partial charge in [-0.2, -0.15) is 9.97 Å². The molecule has 2 aliphatic rings. The molecule has 0 unspecified atom stereocenters. The van der Waals surface area contributed by atoms with Crippen molar-refractivity contribution in [3.63, 3.8) is 0 Å². The van der Waals surface area contributed by atoms with Crippen LogP contribution in [-0.4, -0.2) is 96.2 Å². The summed E-state index contributed by atoms with van der Waals surface area (Å²) in [5.74, 6) is 2.08. The number of piperidine rings is 1. The molecule has 4 heterocycles. The number of amides is 1. The molecule has 2 fully saturated rings. The average molecular weight is 565 g/mol. The third kappa shape index (κ3) is 6.15. The molecular formula is C30H40N6O5. The molecule has 1 amide bonds. The molecule has 0 saturated carbocycles. The van der Waals surface area contributed by atoms with Gasteiger partial charge in [0.2, 0.25) is 5.95 Å². The first kappa shape index (κ1) is 28.8. The number of nitrogens with zero attached hydrogens (tertiary/aromatic N) is 6. The zero-order valence-corrected chi connectivity index (χ0v) is 24.5. The fourth-order valence-corrected chi connectivity index (χ4v) is 5.50. The van der Waals surface area contributed by atoms with Crippen LogP contribution in [-0.2, 0) is 16.1 Å². The van der Waals surface area contributed by atoms with Crippen LogP contribution < -0.4 is 14.5 Å². The number of benzene rings is 1. The number of pyridine rings is 1. The van der Waals surface area contributed by atoms with Crippen molar-refractivity contribution in [2.75, 3.05) is 56.8 Å². The van der Waals surface area contributed by atoms with Gasteiger partial charge in [-0.1, -0.05) is 0 Å². The van der Waals surface area contributed by atoms with Crippen LogP contribution >= 0.6 is 0 Å². The second-order valence-corrected chi connectivity index (χ2v) is 11.0. The minimum Gasteiger partial charge on any atom is -0.496 e. The van der Waals surface area contributed by atoms with Gasteiger partial charge in [0.05, 0.1) is 50.2 Å². The highest BCUT2D eigenvalue weighted by atomic mass is 16.6. The summed E-state index contributed by atoms with van der Waals surface area (Å²) in [4.78, 5) is 33.6. The number of methoxy groups -OCH3 is 1. The molecule has 2 aromatic heterocycles. The Hall–Kier alpha value is -3.70. The number of anilines is 2. The maximum atomic E-state index is 12.4. The van der Waals surface area contributed by atoms with Gasteiger partial charge >= 0.3 is 6.09 Å². The third-order valence-electron chi connectivity index (χ3n) is 7.84. The Kier molecular flexibility index (Phi) is 8.74. The number of fused-ring (bicyclic) bond motifs is 1. The van der Waals surface area contributed by atoms with Gasteiger partial charge in [-0.25, -0.2) is 9.78 Å². The molecule has 3 aromatic rings. The van der Waals surface area contributed by atoms with Crippen LogP contribution in [0, 0.1) is 0 Å². The van der Waals surface area contributed by atoms with Gasteiger partial charge in [0.1, 0.15) is 11.6 Å². The lowest BCUT2D eigenvalue weighted by Gasteiger charge is -2.38. The summed E-state index contributed by atoms with van der Waals surface area (Å²) in [6.45, 7) is 8.96. The van der Waals surface area contributed by atoms with E-state index in [4.69, 9.17) is 29.2 Å². The van der Waals surface area contributed by atoms with E-state index < -0.39 is 0 Å². The van der Waals surface area contributed by atoms with Crippen molar-refractivity contribution in [2.24, 2.45) is 0 Å². The van der Waals surface area contributed by atoms with Crippen LogP contribution in [0.15, 0.2) is 30.3 Å². The van der Waals surface area contributed by atoms with Crippen molar-refractivity contribution in [3.8, 4) is 17.0 Å². The second-order valence-electron chi connectivity index (χ2n) is 11.0. The van der Waals surface area contributed by atoms with E-state index in [9.17, 15) is 9.90 Å². The Morgan fingerprint density at radius 3 is 2.61 bits per heavy atom. The zero-order valence-electron chi connectivity index (χ0n) is 24.5.